The lowest BCUT2D eigenvalue weighted by Crippen LogP contribution is -2.49. The Morgan fingerprint density at radius 1 is 1.07 bits per heavy atom. The zero-order valence-electron chi connectivity index (χ0n) is 17.3. The van der Waals surface area contributed by atoms with Gasteiger partial charge in [0.2, 0.25) is 5.91 Å². The number of nitrogens with zero attached hydrogens (tertiary/aromatic N) is 2. The van der Waals surface area contributed by atoms with E-state index in [4.69, 9.17) is 0 Å². The van der Waals surface area contributed by atoms with Crippen LogP contribution in [0.2, 0.25) is 0 Å². The monoisotopic (exact) mass is 402 g/mol. The van der Waals surface area contributed by atoms with Crippen molar-refractivity contribution in [2.45, 2.75) is 59.9 Å². The van der Waals surface area contributed by atoms with Gasteiger partial charge in [-0.3, -0.25) is 20.4 Å². The van der Waals surface area contributed by atoms with E-state index in [-0.39, 0.29) is 30.8 Å². The van der Waals surface area contributed by atoms with E-state index < -0.39 is 0 Å². The predicted octanol–water partition coefficient (Wildman–Crippen LogP) is 3.45. The van der Waals surface area contributed by atoms with Crippen LogP contribution in [0.1, 0.15) is 48.5 Å². The molecule has 2 N–H and O–H groups in total. The Kier molecular flexibility index (Phi) is 7.99. The fourth-order valence-electron chi connectivity index (χ4n) is 3.06. The fraction of sp³-hybridized carbons (Fsp3) is 0.476. The molecule has 2 aromatic rings. The largest absolute Gasteiger partial charge is 0.359 e. The molecule has 0 spiro atoms. The zero-order chi connectivity index (χ0) is 20.7. The van der Waals surface area contributed by atoms with Crippen molar-refractivity contribution >= 4 is 28.8 Å². The van der Waals surface area contributed by atoms with Crippen molar-refractivity contribution in [3.63, 3.8) is 0 Å². The molecule has 0 radical (unpaired) electrons. The number of anilines is 1. The number of carbonyl (C=O) groups excluding carboxylic acids is 2. The molecule has 0 unspecified atom stereocenters. The molecule has 1 aromatic carbocycles. The van der Waals surface area contributed by atoms with Crippen LogP contribution in [0.5, 0.6) is 0 Å². The number of amides is 2. The van der Waals surface area contributed by atoms with Gasteiger partial charge in [0.25, 0.3) is 5.91 Å². The lowest BCUT2D eigenvalue weighted by molar-refractivity contribution is -0.127. The summed E-state index contributed by atoms with van der Waals surface area (Å²) in [7, 11) is 0. The standard InChI is InChI=1S/C21H30N4O2S/c1-6-17(7-2)25(18-9-8-14(3)15(4)10-18)12-20(27)24-23-19(26)11-21-22-16(5)13-28-21/h8-10,13,17H,6-7,11-12H2,1-5H3,(H,23,26)(H,24,27). The summed E-state index contributed by atoms with van der Waals surface area (Å²) in [5.74, 6) is -0.517. The summed E-state index contributed by atoms with van der Waals surface area (Å²) in [6, 6.07) is 6.50. The number of aryl methyl sites for hydroxylation is 3. The summed E-state index contributed by atoms with van der Waals surface area (Å²) in [5.41, 5.74) is 9.37. The van der Waals surface area contributed by atoms with Crippen LogP contribution in [-0.2, 0) is 16.0 Å². The van der Waals surface area contributed by atoms with E-state index in [0.29, 0.717) is 0 Å². The molecule has 1 heterocycles. The van der Waals surface area contributed by atoms with E-state index in [1.807, 2.05) is 12.3 Å². The molecule has 2 rings (SSSR count). The van der Waals surface area contributed by atoms with Crippen LogP contribution in [0.15, 0.2) is 23.6 Å². The van der Waals surface area contributed by atoms with Gasteiger partial charge in [0.1, 0.15) is 5.01 Å². The van der Waals surface area contributed by atoms with Crippen LogP contribution in [-0.4, -0.2) is 29.4 Å². The van der Waals surface area contributed by atoms with Crippen LogP contribution in [0.25, 0.3) is 0 Å². The third-order valence-corrected chi connectivity index (χ3v) is 5.81. The highest BCUT2D eigenvalue weighted by atomic mass is 32.1. The number of hydrazine groups is 1. The summed E-state index contributed by atoms with van der Waals surface area (Å²) in [5, 5.41) is 2.64. The first-order chi connectivity index (χ1) is 13.3. The molecular formula is C21H30N4O2S. The Morgan fingerprint density at radius 3 is 2.32 bits per heavy atom. The van der Waals surface area contributed by atoms with Crippen LogP contribution >= 0.6 is 11.3 Å². The maximum atomic E-state index is 12.5. The molecule has 0 saturated carbocycles. The minimum absolute atomic E-state index is 0.159. The number of nitrogens with one attached hydrogen (secondary N) is 2. The van der Waals surface area contributed by atoms with E-state index in [1.54, 1.807) is 0 Å². The van der Waals surface area contributed by atoms with Crippen molar-refractivity contribution in [3.8, 4) is 0 Å². The Hall–Kier alpha value is -2.41. The van der Waals surface area contributed by atoms with Crippen LogP contribution in [0, 0.1) is 20.8 Å². The summed E-state index contributed by atoms with van der Waals surface area (Å²) in [6.45, 7) is 10.5. The van der Waals surface area contributed by atoms with Gasteiger partial charge in [0.15, 0.2) is 0 Å². The number of hydrogen-bond donors (Lipinski definition) is 2. The quantitative estimate of drug-likeness (QED) is 0.663. The predicted molar refractivity (Wildman–Crippen MR) is 114 cm³/mol. The normalized spacial score (nSPS) is 10.8. The van der Waals surface area contributed by atoms with Gasteiger partial charge >= 0.3 is 0 Å². The Labute approximate surface area is 171 Å². The van der Waals surface area contributed by atoms with E-state index in [1.165, 1.54) is 22.5 Å². The Bertz CT molecular complexity index is 814. The molecular weight excluding hydrogens is 372 g/mol. The molecule has 152 valence electrons. The molecule has 0 saturated heterocycles. The highest BCUT2D eigenvalue weighted by Crippen LogP contribution is 2.23. The van der Waals surface area contributed by atoms with Crippen LogP contribution in [0.4, 0.5) is 5.69 Å². The minimum atomic E-state index is -0.275. The molecule has 6 nitrogen and oxygen atoms in total. The lowest BCUT2D eigenvalue weighted by Gasteiger charge is -2.32. The third-order valence-electron chi connectivity index (χ3n) is 4.84. The molecule has 0 bridgehead atoms. The number of aromatic nitrogens is 1. The maximum absolute atomic E-state index is 12.5. The second-order valence-electron chi connectivity index (χ2n) is 7.02. The lowest BCUT2D eigenvalue weighted by atomic mass is 10.1. The van der Waals surface area contributed by atoms with E-state index >= 15 is 0 Å². The Balaban J connectivity index is 1.99. The van der Waals surface area contributed by atoms with Crippen LogP contribution in [0.3, 0.4) is 0 Å². The van der Waals surface area contributed by atoms with E-state index in [0.717, 1.165) is 29.2 Å². The van der Waals surface area contributed by atoms with Gasteiger partial charge in [-0.25, -0.2) is 4.98 Å². The average molecular weight is 403 g/mol. The van der Waals surface area contributed by atoms with Gasteiger partial charge in [-0.15, -0.1) is 11.3 Å². The van der Waals surface area contributed by atoms with Gasteiger partial charge in [0, 0.05) is 22.8 Å². The summed E-state index contributed by atoms with van der Waals surface area (Å²) in [6.07, 6.45) is 2.03. The van der Waals surface area contributed by atoms with Gasteiger partial charge < -0.3 is 4.90 Å². The highest BCUT2D eigenvalue weighted by molar-refractivity contribution is 7.09. The molecule has 0 aliphatic heterocycles. The van der Waals surface area contributed by atoms with Gasteiger partial charge in [0.05, 0.1) is 13.0 Å². The highest BCUT2D eigenvalue weighted by Gasteiger charge is 2.20. The fourth-order valence-corrected chi connectivity index (χ4v) is 3.83. The summed E-state index contributed by atoms with van der Waals surface area (Å²) in [4.78, 5) is 30.9. The number of benzene rings is 1. The van der Waals surface area contributed by atoms with E-state index in [2.05, 4.69) is 66.6 Å². The van der Waals surface area contributed by atoms with Crippen molar-refractivity contribution in [1.29, 1.82) is 0 Å². The first kappa shape index (κ1) is 21.9. The van der Waals surface area contributed by atoms with Crippen LogP contribution < -0.4 is 15.8 Å². The molecule has 7 heteroatoms. The van der Waals surface area contributed by atoms with E-state index in [9.17, 15) is 9.59 Å². The molecule has 0 aliphatic rings. The first-order valence-electron chi connectivity index (χ1n) is 9.66. The molecule has 28 heavy (non-hydrogen) atoms. The molecule has 1 aromatic heterocycles. The van der Waals surface area contributed by atoms with Crippen molar-refractivity contribution in [2.75, 3.05) is 11.4 Å². The molecule has 0 fully saturated rings. The van der Waals surface area contributed by atoms with Gasteiger partial charge in [-0.2, -0.15) is 0 Å². The van der Waals surface area contributed by atoms with Crippen molar-refractivity contribution in [3.05, 3.63) is 45.4 Å². The average Bonchev–Trinajstić information content (AvgIpc) is 3.07. The number of rotatable bonds is 8. The van der Waals surface area contributed by atoms with Crippen molar-refractivity contribution in [2.24, 2.45) is 0 Å². The second-order valence-corrected chi connectivity index (χ2v) is 7.97. The topological polar surface area (TPSA) is 74.3 Å². The van der Waals surface area contributed by atoms with Crippen molar-refractivity contribution in [1.82, 2.24) is 15.8 Å². The summed E-state index contributed by atoms with van der Waals surface area (Å²) < 4.78 is 0. The first-order valence-corrected chi connectivity index (χ1v) is 10.5. The third kappa shape index (κ3) is 6.05. The van der Waals surface area contributed by atoms with Gasteiger partial charge in [-0.05, 0) is 56.9 Å². The summed E-state index contributed by atoms with van der Waals surface area (Å²) >= 11 is 1.44. The van der Waals surface area contributed by atoms with Crippen molar-refractivity contribution < 1.29 is 9.59 Å². The number of hydrogen-bond acceptors (Lipinski definition) is 5. The second kappa shape index (κ2) is 10.2. The smallest absolute Gasteiger partial charge is 0.257 e. The molecule has 2 amide bonds. The Morgan fingerprint density at radius 2 is 1.75 bits per heavy atom. The van der Waals surface area contributed by atoms with Gasteiger partial charge in [-0.1, -0.05) is 19.9 Å². The molecule has 0 aliphatic carbocycles. The number of carbonyl (C=O) groups is 2. The molecule has 0 atom stereocenters. The minimum Gasteiger partial charge on any atom is -0.359 e. The maximum Gasteiger partial charge on any atom is 0.257 e. The SMILES string of the molecule is CCC(CC)N(CC(=O)NNC(=O)Cc1nc(C)cs1)c1ccc(C)c(C)c1. The number of thiazole rings is 1. The zero-order valence-corrected chi connectivity index (χ0v) is 18.2.